The maximum absolute atomic E-state index is 12.8. The Morgan fingerprint density at radius 1 is 1.03 bits per heavy atom. The first kappa shape index (κ1) is 24.8. The Balaban J connectivity index is 1.66. The van der Waals surface area contributed by atoms with Crippen LogP contribution < -0.4 is 10.6 Å². The van der Waals surface area contributed by atoms with Crippen molar-refractivity contribution in [3.63, 3.8) is 0 Å². The number of nitrogens with one attached hydrogen (secondary N) is 2. The van der Waals surface area contributed by atoms with E-state index in [1.54, 1.807) is 13.8 Å². The zero-order chi connectivity index (χ0) is 24.9. The lowest BCUT2D eigenvalue weighted by molar-refractivity contribution is -0.132. The summed E-state index contributed by atoms with van der Waals surface area (Å²) in [4.78, 5) is 36.1. The summed E-state index contributed by atoms with van der Waals surface area (Å²) < 4.78 is 5.65. The molecule has 0 saturated carbocycles. The molecule has 1 aliphatic rings. The first-order chi connectivity index (χ1) is 16.1. The summed E-state index contributed by atoms with van der Waals surface area (Å²) in [6.07, 6.45) is -0.591. The zero-order valence-electron chi connectivity index (χ0n) is 19.8. The predicted octanol–water partition coefficient (Wildman–Crippen LogP) is 3.78. The van der Waals surface area contributed by atoms with Crippen molar-refractivity contribution < 1.29 is 24.2 Å². The van der Waals surface area contributed by atoms with Crippen LogP contribution in [0.2, 0.25) is 0 Å². The van der Waals surface area contributed by atoms with Gasteiger partial charge in [-0.1, -0.05) is 68.3 Å². The Labute approximate surface area is 199 Å². The largest absolute Gasteiger partial charge is 0.472 e. The van der Waals surface area contributed by atoms with E-state index in [4.69, 9.17) is 9.84 Å². The molecule has 1 aliphatic carbocycles. The number of benzene rings is 2. The Morgan fingerprint density at radius 2 is 1.59 bits per heavy atom. The second-order valence-electron chi connectivity index (χ2n) is 9.20. The average Bonchev–Trinajstić information content (AvgIpc) is 3.12. The van der Waals surface area contributed by atoms with Gasteiger partial charge in [0.05, 0.1) is 12.0 Å². The van der Waals surface area contributed by atoms with E-state index in [2.05, 4.69) is 40.8 Å². The normalized spacial score (nSPS) is 13.2. The molecule has 0 aliphatic heterocycles. The van der Waals surface area contributed by atoms with E-state index in [1.807, 2.05) is 44.0 Å². The van der Waals surface area contributed by atoms with Crippen LogP contribution in [0.4, 0.5) is 4.79 Å². The fourth-order valence-electron chi connectivity index (χ4n) is 4.56. The van der Waals surface area contributed by atoms with Crippen LogP contribution in [0, 0.1) is 23.2 Å². The molecule has 7 heteroatoms. The number of alkyl carbamates (subject to hydrolysis) is 1. The fraction of sp³-hybridized carbons (Fsp3) is 0.370. The van der Waals surface area contributed by atoms with Crippen molar-refractivity contribution in [2.75, 3.05) is 13.2 Å². The minimum Gasteiger partial charge on any atom is -0.472 e. The van der Waals surface area contributed by atoms with E-state index in [9.17, 15) is 14.4 Å². The van der Waals surface area contributed by atoms with Gasteiger partial charge in [0.2, 0.25) is 5.91 Å². The molecule has 0 spiro atoms. The van der Waals surface area contributed by atoms with Crippen molar-refractivity contribution in [3.05, 3.63) is 59.7 Å². The number of carboxylic acids is 1. The third kappa shape index (κ3) is 5.40. The second-order valence-corrected chi connectivity index (χ2v) is 9.20. The maximum Gasteiger partial charge on any atom is 0.407 e. The summed E-state index contributed by atoms with van der Waals surface area (Å²) in [5.74, 6) is 2.61. The molecule has 1 atom stereocenters. The summed E-state index contributed by atoms with van der Waals surface area (Å²) in [7, 11) is 0. The highest BCUT2D eigenvalue weighted by Crippen LogP contribution is 2.44. The SMILES string of the molecule is CC(C)C(NC(=O)OCC1c2ccccc2-c2ccccc21)C(C)(C)C(=O)NCC#CC(=O)O. The van der Waals surface area contributed by atoms with Crippen LogP contribution in [-0.4, -0.2) is 42.3 Å². The molecule has 3 rings (SSSR count). The van der Waals surface area contributed by atoms with Crippen molar-refractivity contribution in [2.45, 2.75) is 39.7 Å². The molecular formula is C27H30N2O5. The highest BCUT2D eigenvalue weighted by Gasteiger charge is 2.40. The molecule has 2 aromatic rings. The molecule has 34 heavy (non-hydrogen) atoms. The summed E-state index contributed by atoms with van der Waals surface area (Å²) in [5.41, 5.74) is 3.56. The number of carbonyl (C=O) groups is 3. The minimum absolute atomic E-state index is 0.0558. The summed E-state index contributed by atoms with van der Waals surface area (Å²) in [5, 5.41) is 14.1. The number of aliphatic carboxylic acids is 1. The van der Waals surface area contributed by atoms with Gasteiger partial charge in [0.25, 0.3) is 0 Å². The van der Waals surface area contributed by atoms with Gasteiger partial charge in [-0.3, -0.25) is 4.79 Å². The first-order valence-corrected chi connectivity index (χ1v) is 11.2. The number of fused-ring (bicyclic) bond motifs is 3. The van der Waals surface area contributed by atoms with Gasteiger partial charge < -0.3 is 20.5 Å². The van der Waals surface area contributed by atoms with Gasteiger partial charge in [-0.05, 0) is 42.0 Å². The third-order valence-corrected chi connectivity index (χ3v) is 6.18. The number of carbonyl (C=O) groups excluding carboxylic acids is 2. The van der Waals surface area contributed by atoms with E-state index in [0.717, 1.165) is 22.3 Å². The van der Waals surface area contributed by atoms with Crippen LogP contribution in [0.1, 0.15) is 44.7 Å². The number of carboxylic acid groups (broad SMARTS) is 1. The van der Waals surface area contributed by atoms with Crippen LogP contribution in [-0.2, 0) is 14.3 Å². The number of hydrogen-bond acceptors (Lipinski definition) is 4. The van der Waals surface area contributed by atoms with E-state index in [-0.39, 0.29) is 30.9 Å². The van der Waals surface area contributed by atoms with Crippen LogP contribution >= 0.6 is 0 Å². The lowest BCUT2D eigenvalue weighted by atomic mass is 9.77. The number of amides is 2. The van der Waals surface area contributed by atoms with Gasteiger partial charge in [-0.15, -0.1) is 0 Å². The van der Waals surface area contributed by atoms with Crippen LogP contribution in [0.5, 0.6) is 0 Å². The molecule has 0 heterocycles. The van der Waals surface area contributed by atoms with Crippen molar-refractivity contribution in [3.8, 4) is 23.0 Å². The Bertz CT molecular complexity index is 1100. The standard InChI is InChI=1S/C27H30N2O5/c1-17(2)24(27(3,4)25(32)28-15-9-14-23(30)31)29-26(33)34-16-22-20-12-7-5-10-18(20)19-11-6-8-13-21(19)22/h5-8,10-13,17,22,24H,15-16H2,1-4H3,(H,28,32)(H,29,33)(H,30,31). The quantitative estimate of drug-likeness (QED) is 0.543. The van der Waals surface area contributed by atoms with Crippen molar-refractivity contribution in [1.82, 2.24) is 10.6 Å². The number of hydrogen-bond donors (Lipinski definition) is 3. The molecule has 0 radical (unpaired) electrons. The number of rotatable bonds is 7. The van der Waals surface area contributed by atoms with E-state index >= 15 is 0 Å². The van der Waals surface area contributed by atoms with E-state index in [1.165, 1.54) is 0 Å². The van der Waals surface area contributed by atoms with Crippen LogP contribution in [0.3, 0.4) is 0 Å². The topological polar surface area (TPSA) is 105 Å². The van der Waals surface area contributed by atoms with Gasteiger partial charge in [-0.25, -0.2) is 9.59 Å². The lowest BCUT2D eigenvalue weighted by Crippen LogP contribution is -2.55. The van der Waals surface area contributed by atoms with Gasteiger partial charge >= 0.3 is 12.1 Å². The van der Waals surface area contributed by atoms with Gasteiger partial charge in [0, 0.05) is 17.9 Å². The molecule has 178 valence electrons. The molecule has 1 unspecified atom stereocenters. The monoisotopic (exact) mass is 462 g/mol. The van der Waals surface area contributed by atoms with Crippen LogP contribution in [0.15, 0.2) is 48.5 Å². The molecule has 0 saturated heterocycles. The highest BCUT2D eigenvalue weighted by atomic mass is 16.5. The highest BCUT2D eigenvalue weighted by molar-refractivity contribution is 5.87. The smallest absolute Gasteiger partial charge is 0.407 e. The van der Waals surface area contributed by atoms with Crippen molar-refractivity contribution in [1.29, 1.82) is 0 Å². The van der Waals surface area contributed by atoms with Crippen molar-refractivity contribution in [2.24, 2.45) is 11.3 Å². The summed E-state index contributed by atoms with van der Waals surface area (Å²) in [6, 6.07) is 15.7. The van der Waals surface area contributed by atoms with E-state index in [0.29, 0.717) is 0 Å². The molecule has 0 aromatic heterocycles. The van der Waals surface area contributed by atoms with Gasteiger partial charge in [0.15, 0.2) is 0 Å². The third-order valence-electron chi connectivity index (χ3n) is 6.18. The summed E-state index contributed by atoms with van der Waals surface area (Å²) >= 11 is 0. The van der Waals surface area contributed by atoms with Crippen molar-refractivity contribution >= 4 is 18.0 Å². The Hall–Kier alpha value is -3.79. The zero-order valence-corrected chi connectivity index (χ0v) is 19.8. The Kier molecular flexibility index (Phi) is 7.62. The first-order valence-electron chi connectivity index (χ1n) is 11.2. The molecular weight excluding hydrogens is 432 g/mol. The molecule has 0 fully saturated rings. The maximum atomic E-state index is 12.8. The van der Waals surface area contributed by atoms with Gasteiger partial charge in [0.1, 0.15) is 6.61 Å². The fourth-order valence-corrected chi connectivity index (χ4v) is 4.56. The lowest BCUT2D eigenvalue weighted by Gasteiger charge is -2.36. The number of ether oxygens (including phenoxy) is 1. The Morgan fingerprint density at radius 3 is 2.12 bits per heavy atom. The minimum atomic E-state index is -1.26. The van der Waals surface area contributed by atoms with E-state index < -0.39 is 23.5 Å². The summed E-state index contributed by atoms with van der Waals surface area (Å²) in [6.45, 7) is 7.36. The van der Waals surface area contributed by atoms with Crippen LogP contribution in [0.25, 0.3) is 11.1 Å². The molecule has 2 aromatic carbocycles. The predicted molar refractivity (Wildman–Crippen MR) is 129 cm³/mol. The molecule has 7 nitrogen and oxygen atoms in total. The molecule has 0 bridgehead atoms. The average molecular weight is 463 g/mol. The molecule has 2 amide bonds. The van der Waals surface area contributed by atoms with Gasteiger partial charge in [-0.2, -0.15) is 0 Å². The molecule has 3 N–H and O–H groups in total. The second kappa shape index (κ2) is 10.4.